The molecule has 114 valence electrons. The van der Waals surface area contributed by atoms with Crippen molar-refractivity contribution in [3.05, 3.63) is 23.9 Å². The Morgan fingerprint density at radius 3 is 3.00 bits per heavy atom. The molecule has 0 unspecified atom stereocenters. The topological polar surface area (TPSA) is 71.5 Å². The molecule has 0 spiro atoms. The fraction of sp³-hybridized carbons (Fsp3) is 0.462. The van der Waals surface area contributed by atoms with Gasteiger partial charge in [0.15, 0.2) is 6.61 Å². The van der Waals surface area contributed by atoms with Crippen molar-refractivity contribution in [1.29, 1.82) is 0 Å². The lowest BCUT2D eigenvalue weighted by atomic mass is 10.3. The van der Waals surface area contributed by atoms with Crippen LogP contribution in [-0.2, 0) is 4.79 Å². The van der Waals surface area contributed by atoms with Crippen LogP contribution < -0.4 is 10.1 Å². The van der Waals surface area contributed by atoms with Crippen LogP contribution in [0.25, 0.3) is 0 Å². The molecule has 0 aliphatic carbocycles. The number of carbonyl (C=O) groups excluding carboxylic acids is 2. The molecule has 21 heavy (non-hydrogen) atoms. The van der Waals surface area contributed by atoms with Crippen LogP contribution in [0.3, 0.4) is 0 Å². The van der Waals surface area contributed by atoms with Crippen LogP contribution in [0.1, 0.15) is 16.9 Å². The van der Waals surface area contributed by atoms with Crippen molar-refractivity contribution in [2.75, 3.05) is 26.2 Å². The first-order valence-corrected chi connectivity index (χ1v) is 6.50. The molecular weight excluding hydrogens is 284 g/mol. The third kappa shape index (κ3) is 4.37. The van der Waals surface area contributed by atoms with Gasteiger partial charge in [-0.2, -0.15) is 0 Å². The SMILES string of the molecule is O=C1CCN(C(=O)c2cccc(OCC(F)F)n2)CCN1. The molecule has 0 bridgehead atoms. The summed E-state index contributed by atoms with van der Waals surface area (Å²) in [5.41, 5.74) is 0.108. The van der Waals surface area contributed by atoms with E-state index in [9.17, 15) is 18.4 Å². The first-order valence-electron chi connectivity index (χ1n) is 6.50. The average Bonchev–Trinajstić information content (AvgIpc) is 2.69. The summed E-state index contributed by atoms with van der Waals surface area (Å²) in [5.74, 6) is -0.480. The molecule has 0 saturated carbocycles. The Morgan fingerprint density at radius 2 is 2.24 bits per heavy atom. The van der Waals surface area contributed by atoms with Gasteiger partial charge in [-0.25, -0.2) is 13.8 Å². The van der Waals surface area contributed by atoms with E-state index in [-0.39, 0.29) is 29.8 Å². The third-order valence-electron chi connectivity index (χ3n) is 2.90. The molecule has 2 heterocycles. The Kier molecular flexibility index (Phi) is 5.02. The minimum absolute atomic E-state index is 0.0230. The Bertz CT molecular complexity index is 525. The van der Waals surface area contributed by atoms with E-state index in [0.717, 1.165) is 0 Å². The largest absolute Gasteiger partial charge is 0.472 e. The van der Waals surface area contributed by atoms with Crippen molar-refractivity contribution in [1.82, 2.24) is 15.2 Å². The van der Waals surface area contributed by atoms with Gasteiger partial charge in [0.1, 0.15) is 5.69 Å². The van der Waals surface area contributed by atoms with E-state index >= 15 is 0 Å². The summed E-state index contributed by atoms with van der Waals surface area (Å²) >= 11 is 0. The highest BCUT2D eigenvalue weighted by Crippen LogP contribution is 2.11. The second-order valence-electron chi connectivity index (χ2n) is 4.46. The van der Waals surface area contributed by atoms with E-state index in [4.69, 9.17) is 4.74 Å². The number of amides is 2. The predicted octanol–water partition coefficient (Wildman–Crippen LogP) is 0.688. The number of pyridine rings is 1. The second kappa shape index (κ2) is 6.96. The Labute approximate surface area is 120 Å². The fourth-order valence-electron chi connectivity index (χ4n) is 1.89. The Balaban J connectivity index is 2.04. The molecule has 1 aliphatic rings. The molecule has 1 saturated heterocycles. The maximum atomic E-state index is 12.3. The lowest BCUT2D eigenvalue weighted by Crippen LogP contribution is -2.34. The summed E-state index contributed by atoms with van der Waals surface area (Å²) in [4.78, 5) is 28.9. The third-order valence-corrected chi connectivity index (χ3v) is 2.90. The smallest absolute Gasteiger partial charge is 0.272 e. The van der Waals surface area contributed by atoms with Crippen LogP contribution in [0, 0.1) is 0 Å². The summed E-state index contributed by atoms with van der Waals surface area (Å²) in [5, 5.41) is 2.66. The zero-order chi connectivity index (χ0) is 15.2. The van der Waals surface area contributed by atoms with Crippen LogP contribution in [0.5, 0.6) is 5.88 Å². The maximum absolute atomic E-state index is 12.3. The van der Waals surface area contributed by atoms with E-state index in [0.29, 0.717) is 19.6 Å². The van der Waals surface area contributed by atoms with Gasteiger partial charge < -0.3 is 15.0 Å². The van der Waals surface area contributed by atoms with Gasteiger partial charge in [0.05, 0.1) is 0 Å². The zero-order valence-corrected chi connectivity index (χ0v) is 11.2. The molecule has 0 radical (unpaired) electrons. The number of hydrogen-bond acceptors (Lipinski definition) is 4. The summed E-state index contributed by atoms with van der Waals surface area (Å²) in [6.45, 7) is 0.293. The van der Waals surface area contributed by atoms with Gasteiger partial charge in [0.25, 0.3) is 12.3 Å². The zero-order valence-electron chi connectivity index (χ0n) is 11.2. The highest BCUT2D eigenvalue weighted by molar-refractivity contribution is 5.93. The number of rotatable bonds is 4. The van der Waals surface area contributed by atoms with E-state index in [1.54, 1.807) is 0 Å². The highest BCUT2D eigenvalue weighted by atomic mass is 19.3. The van der Waals surface area contributed by atoms with Crippen LogP contribution in [0.4, 0.5) is 8.78 Å². The van der Waals surface area contributed by atoms with E-state index in [1.807, 2.05) is 0 Å². The lowest BCUT2D eigenvalue weighted by Gasteiger charge is -2.19. The number of hydrogen-bond donors (Lipinski definition) is 1. The van der Waals surface area contributed by atoms with Crippen molar-refractivity contribution < 1.29 is 23.1 Å². The number of nitrogens with one attached hydrogen (secondary N) is 1. The number of aromatic nitrogens is 1. The van der Waals surface area contributed by atoms with Crippen molar-refractivity contribution in [2.45, 2.75) is 12.8 Å². The molecule has 2 amide bonds. The molecule has 1 aromatic rings. The van der Waals surface area contributed by atoms with Crippen LogP contribution in [0.2, 0.25) is 0 Å². The van der Waals surface area contributed by atoms with Gasteiger partial charge in [0.2, 0.25) is 11.8 Å². The molecule has 0 aromatic carbocycles. The average molecular weight is 299 g/mol. The van der Waals surface area contributed by atoms with Gasteiger partial charge in [-0.15, -0.1) is 0 Å². The van der Waals surface area contributed by atoms with Crippen LogP contribution in [0.15, 0.2) is 18.2 Å². The number of ether oxygens (including phenoxy) is 1. The van der Waals surface area contributed by atoms with E-state index < -0.39 is 13.0 Å². The molecule has 0 atom stereocenters. The van der Waals surface area contributed by atoms with Crippen LogP contribution in [-0.4, -0.2) is 54.4 Å². The quantitative estimate of drug-likeness (QED) is 0.888. The maximum Gasteiger partial charge on any atom is 0.272 e. The minimum Gasteiger partial charge on any atom is -0.472 e. The van der Waals surface area contributed by atoms with Gasteiger partial charge >= 0.3 is 0 Å². The van der Waals surface area contributed by atoms with Crippen molar-refractivity contribution >= 4 is 11.8 Å². The molecule has 8 heteroatoms. The molecule has 1 aliphatic heterocycles. The minimum atomic E-state index is -2.60. The van der Waals surface area contributed by atoms with Crippen molar-refractivity contribution in [3.63, 3.8) is 0 Å². The molecule has 2 rings (SSSR count). The monoisotopic (exact) mass is 299 g/mol. The molecular formula is C13H15F2N3O3. The Hall–Kier alpha value is -2.25. The number of halogens is 2. The van der Waals surface area contributed by atoms with Gasteiger partial charge in [0, 0.05) is 32.1 Å². The normalized spacial score (nSPS) is 15.6. The van der Waals surface area contributed by atoms with Crippen molar-refractivity contribution in [3.8, 4) is 5.88 Å². The number of alkyl halides is 2. The predicted molar refractivity (Wildman–Crippen MR) is 69.3 cm³/mol. The molecule has 1 fully saturated rings. The van der Waals surface area contributed by atoms with Gasteiger partial charge in [-0.1, -0.05) is 6.07 Å². The van der Waals surface area contributed by atoms with Gasteiger partial charge in [-0.3, -0.25) is 9.59 Å². The van der Waals surface area contributed by atoms with Crippen molar-refractivity contribution in [2.24, 2.45) is 0 Å². The summed E-state index contributed by atoms with van der Waals surface area (Å²) in [7, 11) is 0. The first kappa shape index (κ1) is 15.1. The number of carbonyl (C=O) groups is 2. The van der Waals surface area contributed by atoms with Crippen LogP contribution >= 0.6 is 0 Å². The molecule has 1 aromatic heterocycles. The Morgan fingerprint density at radius 1 is 1.43 bits per heavy atom. The van der Waals surface area contributed by atoms with Gasteiger partial charge in [-0.05, 0) is 6.07 Å². The first-order chi connectivity index (χ1) is 10.1. The molecule has 1 N–H and O–H groups in total. The summed E-state index contributed by atoms with van der Waals surface area (Å²) < 4.78 is 29.0. The highest BCUT2D eigenvalue weighted by Gasteiger charge is 2.21. The van der Waals surface area contributed by atoms with E-state index in [2.05, 4.69) is 10.3 Å². The van der Waals surface area contributed by atoms with E-state index in [1.165, 1.54) is 23.1 Å². The standard InChI is InChI=1S/C13H15F2N3O3/c14-10(15)8-21-12-3-1-2-9(17-12)13(20)18-6-4-11(19)16-5-7-18/h1-3,10H,4-8H2,(H,16,19). The fourth-order valence-corrected chi connectivity index (χ4v) is 1.89. The molecule has 6 nitrogen and oxygen atoms in total. The number of nitrogens with zero attached hydrogens (tertiary/aromatic N) is 2. The summed E-state index contributed by atoms with van der Waals surface area (Å²) in [6.07, 6.45) is -2.37. The lowest BCUT2D eigenvalue weighted by molar-refractivity contribution is -0.120. The summed E-state index contributed by atoms with van der Waals surface area (Å²) in [6, 6.07) is 4.41. The second-order valence-corrected chi connectivity index (χ2v) is 4.46.